The van der Waals surface area contributed by atoms with Crippen molar-refractivity contribution in [2.45, 2.75) is 19.8 Å². The predicted octanol–water partition coefficient (Wildman–Crippen LogP) is 4.13. The van der Waals surface area contributed by atoms with E-state index in [-0.39, 0.29) is 18.0 Å². The second-order valence-corrected chi connectivity index (χ2v) is 5.84. The van der Waals surface area contributed by atoms with Gasteiger partial charge in [0.1, 0.15) is 0 Å². The van der Waals surface area contributed by atoms with Crippen LogP contribution in [0, 0.1) is 17.0 Å². The molecule has 0 saturated heterocycles. The van der Waals surface area contributed by atoms with Crippen LogP contribution >= 0.6 is 0 Å². The molecule has 3 rings (SSSR count). The molecular formula is C19H17N3O4. The first kappa shape index (κ1) is 17.3. The highest BCUT2D eigenvalue weighted by molar-refractivity contribution is 5.90. The number of aryl methyl sites for hydroxylation is 2. The van der Waals surface area contributed by atoms with Crippen molar-refractivity contribution in [2.75, 3.05) is 5.32 Å². The maximum Gasteiger partial charge on any atom is 0.269 e. The lowest BCUT2D eigenvalue weighted by Crippen LogP contribution is -2.12. The highest BCUT2D eigenvalue weighted by Crippen LogP contribution is 2.21. The molecule has 3 aromatic rings. The quantitative estimate of drug-likeness (QED) is 0.532. The average Bonchev–Trinajstić information content (AvgIpc) is 3.10. The van der Waals surface area contributed by atoms with Crippen molar-refractivity contribution in [3.05, 3.63) is 76.3 Å². The Morgan fingerprint density at radius 1 is 1.15 bits per heavy atom. The molecule has 0 radical (unpaired) electrons. The van der Waals surface area contributed by atoms with E-state index in [0.29, 0.717) is 23.8 Å². The normalized spacial score (nSPS) is 10.5. The molecular weight excluding hydrogens is 334 g/mol. The fourth-order valence-corrected chi connectivity index (χ4v) is 2.39. The molecule has 0 saturated carbocycles. The van der Waals surface area contributed by atoms with Crippen molar-refractivity contribution >= 4 is 17.3 Å². The number of aromatic nitrogens is 1. The van der Waals surface area contributed by atoms with Gasteiger partial charge in [-0.25, -0.2) is 4.98 Å². The molecule has 7 heteroatoms. The summed E-state index contributed by atoms with van der Waals surface area (Å²) in [5.41, 5.74) is 2.58. The number of nitro benzene ring substituents is 1. The fourth-order valence-electron chi connectivity index (χ4n) is 2.39. The van der Waals surface area contributed by atoms with Gasteiger partial charge in [0.05, 0.1) is 11.1 Å². The number of non-ortho nitro benzene ring substituents is 1. The molecule has 0 unspecified atom stereocenters. The third-order valence-electron chi connectivity index (χ3n) is 3.82. The van der Waals surface area contributed by atoms with E-state index in [2.05, 4.69) is 10.3 Å². The molecule has 0 spiro atoms. The summed E-state index contributed by atoms with van der Waals surface area (Å²) in [5, 5.41) is 13.3. The average molecular weight is 351 g/mol. The fraction of sp³-hybridized carbons (Fsp3) is 0.158. The molecule has 1 amide bonds. The molecule has 0 aliphatic rings. The molecule has 0 aliphatic carbocycles. The summed E-state index contributed by atoms with van der Waals surface area (Å²) in [6.45, 7) is 2.01. The zero-order valence-corrected chi connectivity index (χ0v) is 14.1. The van der Waals surface area contributed by atoms with Gasteiger partial charge in [-0.05, 0) is 19.1 Å². The van der Waals surface area contributed by atoms with Gasteiger partial charge >= 0.3 is 0 Å². The summed E-state index contributed by atoms with van der Waals surface area (Å²) in [6.07, 6.45) is 2.21. The Morgan fingerprint density at radius 3 is 2.50 bits per heavy atom. The third kappa shape index (κ3) is 4.32. The van der Waals surface area contributed by atoms with Gasteiger partial charge in [0.25, 0.3) is 5.69 Å². The van der Waals surface area contributed by atoms with Crippen LogP contribution in [0.25, 0.3) is 11.3 Å². The monoisotopic (exact) mass is 351 g/mol. The highest BCUT2D eigenvalue weighted by Gasteiger charge is 2.10. The number of amides is 1. The van der Waals surface area contributed by atoms with Crippen LogP contribution in [0.15, 0.2) is 59.1 Å². The van der Waals surface area contributed by atoms with Gasteiger partial charge in [0.2, 0.25) is 5.91 Å². The van der Waals surface area contributed by atoms with E-state index in [9.17, 15) is 14.9 Å². The highest BCUT2D eigenvalue weighted by atomic mass is 16.6. The molecule has 0 fully saturated rings. The van der Waals surface area contributed by atoms with Gasteiger partial charge in [0, 0.05) is 36.2 Å². The number of anilines is 1. The van der Waals surface area contributed by atoms with Crippen molar-refractivity contribution in [1.29, 1.82) is 0 Å². The number of benzene rings is 2. The van der Waals surface area contributed by atoms with Crippen LogP contribution in [0.2, 0.25) is 0 Å². The summed E-state index contributed by atoms with van der Waals surface area (Å²) >= 11 is 0. The maximum atomic E-state index is 12.0. The summed E-state index contributed by atoms with van der Waals surface area (Å²) in [5.74, 6) is 0.934. The smallest absolute Gasteiger partial charge is 0.269 e. The molecule has 7 nitrogen and oxygen atoms in total. The Bertz CT molecular complexity index is 915. The van der Waals surface area contributed by atoms with Crippen molar-refractivity contribution in [3.8, 4) is 11.3 Å². The first-order valence-corrected chi connectivity index (χ1v) is 8.07. The van der Waals surface area contributed by atoms with E-state index < -0.39 is 4.92 Å². The molecule has 132 valence electrons. The van der Waals surface area contributed by atoms with Crippen molar-refractivity contribution in [2.24, 2.45) is 0 Å². The lowest BCUT2D eigenvalue weighted by Gasteiger charge is -2.03. The van der Waals surface area contributed by atoms with E-state index in [1.165, 1.54) is 24.3 Å². The van der Waals surface area contributed by atoms with Crippen molar-refractivity contribution < 1.29 is 14.1 Å². The number of carbonyl (C=O) groups excluding carboxylic acids is 1. The van der Waals surface area contributed by atoms with E-state index >= 15 is 0 Å². The number of nitrogens with one attached hydrogen (secondary N) is 1. The largest absolute Gasteiger partial charge is 0.441 e. The van der Waals surface area contributed by atoms with Crippen LogP contribution in [-0.4, -0.2) is 15.8 Å². The van der Waals surface area contributed by atoms with Gasteiger partial charge in [-0.3, -0.25) is 14.9 Å². The molecule has 0 atom stereocenters. The molecule has 1 N–H and O–H groups in total. The van der Waals surface area contributed by atoms with Gasteiger partial charge < -0.3 is 9.73 Å². The Kier molecular flexibility index (Phi) is 5.07. The molecule has 1 heterocycles. The zero-order valence-electron chi connectivity index (χ0n) is 14.1. The number of hydrogen-bond acceptors (Lipinski definition) is 5. The molecule has 26 heavy (non-hydrogen) atoms. The summed E-state index contributed by atoms with van der Waals surface area (Å²) < 4.78 is 5.69. The molecule has 2 aromatic carbocycles. The summed E-state index contributed by atoms with van der Waals surface area (Å²) in [6, 6.07) is 13.6. The van der Waals surface area contributed by atoms with E-state index in [1.807, 2.05) is 31.2 Å². The Morgan fingerprint density at radius 2 is 1.85 bits per heavy atom. The van der Waals surface area contributed by atoms with Gasteiger partial charge in [-0.15, -0.1) is 0 Å². The minimum Gasteiger partial charge on any atom is -0.441 e. The Hall–Kier alpha value is -3.48. The third-order valence-corrected chi connectivity index (χ3v) is 3.82. The van der Waals surface area contributed by atoms with Crippen molar-refractivity contribution in [3.63, 3.8) is 0 Å². The minimum absolute atomic E-state index is 0.0218. The summed E-state index contributed by atoms with van der Waals surface area (Å²) in [7, 11) is 0. The Balaban J connectivity index is 1.54. The zero-order chi connectivity index (χ0) is 18.5. The second-order valence-electron chi connectivity index (χ2n) is 5.84. The number of nitrogens with zero attached hydrogens (tertiary/aromatic N) is 2. The predicted molar refractivity (Wildman–Crippen MR) is 96.7 cm³/mol. The lowest BCUT2D eigenvalue weighted by atomic mass is 10.1. The number of nitro groups is 1. The van der Waals surface area contributed by atoms with Crippen molar-refractivity contribution in [1.82, 2.24) is 4.98 Å². The second kappa shape index (κ2) is 7.60. The van der Waals surface area contributed by atoms with Gasteiger partial charge in [-0.1, -0.05) is 29.8 Å². The van der Waals surface area contributed by atoms with Crippen LogP contribution in [0.3, 0.4) is 0 Å². The van der Waals surface area contributed by atoms with E-state index in [4.69, 9.17) is 4.42 Å². The Labute approximate surface area is 149 Å². The van der Waals surface area contributed by atoms with Crippen LogP contribution < -0.4 is 5.32 Å². The first-order chi connectivity index (χ1) is 12.5. The van der Waals surface area contributed by atoms with Crippen LogP contribution in [0.1, 0.15) is 17.9 Å². The van der Waals surface area contributed by atoms with Gasteiger partial charge in [0.15, 0.2) is 11.7 Å². The standard InChI is InChI=1S/C19H17N3O4/c1-13-2-4-14(5-3-13)17-12-20-19(26-17)11-10-18(23)21-15-6-8-16(9-7-15)22(24)25/h2-9,12H,10-11H2,1H3,(H,21,23). The van der Waals surface area contributed by atoms with Crippen LogP contribution in [0.4, 0.5) is 11.4 Å². The van der Waals surface area contributed by atoms with E-state index in [0.717, 1.165) is 11.1 Å². The minimum atomic E-state index is -0.486. The number of oxazole rings is 1. The molecule has 1 aromatic heterocycles. The number of rotatable bonds is 6. The van der Waals surface area contributed by atoms with E-state index in [1.54, 1.807) is 6.20 Å². The number of carbonyl (C=O) groups is 1. The maximum absolute atomic E-state index is 12.0. The SMILES string of the molecule is Cc1ccc(-c2cnc(CCC(=O)Nc3ccc([N+](=O)[O-])cc3)o2)cc1. The topological polar surface area (TPSA) is 98.3 Å². The van der Waals surface area contributed by atoms with Gasteiger partial charge in [-0.2, -0.15) is 0 Å². The first-order valence-electron chi connectivity index (χ1n) is 8.07. The summed E-state index contributed by atoms with van der Waals surface area (Å²) in [4.78, 5) is 26.3. The lowest BCUT2D eigenvalue weighted by molar-refractivity contribution is -0.384. The molecule has 0 bridgehead atoms. The van der Waals surface area contributed by atoms with Crippen LogP contribution in [-0.2, 0) is 11.2 Å². The van der Waals surface area contributed by atoms with Crippen LogP contribution in [0.5, 0.6) is 0 Å². The number of hydrogen-bond donors (Lipinski definition) is 1. The molecule has 0 aliphatic heterocycles.